The fraction of sp³-hybridized carbons (Fsp3) is 0.333. The van der Waals surface area contributed by atoms with Crippen LogP contribution < -0.4 is 16.4 Å². The molecule has 0 atom stereocenters. The number of nitrogens with one attached hydrogen (secondary N) is 2. The van der Waals surface area contributed by atoms with Gasteiger partial charge in [0, 0.05) is 12.2 Å². The molecule has 0 aliphatic heterocycles. The van der Waals surface area contributed by atoms with Gasteiger partial charge in [-0.15, -0.1) is 0 Å². The molecule has 0 aromatic heterocycles. The number of nitrogens with two attached hydrogens (primary N) is 1. The Hall–Kier alpha value is -2.31. The van der Waals surface area contributed by atoms with Gasteiger partial charge < -0.3 is 21.6 Å². The van der Waals surface area contributed by atoms with E-state index in [1.165, 1.54) is 12.1 Å². The van der Waals surface area contributed by atoms with Crippen LogP contribution in [0.3, 0.4) is 0 Å². The summed E-state index contributed by atoms with van der Waals surface area (Å²) in [7, 11) is 0. The predicted octanol–water partition coefficient (Wildman–Crippen LogP) is 1.84. The maximum absolute atomic E-state index is 13.4. The number of amidine groups is 1. The number of urea groups is 1. The molecule has 2 amide bonds. The van der Waals surface area contributed by atoms with Crippen molar-refractivity contribution in [3.8, 4) is 0 Å². The summed E-state index contributed by atoms with van der Waals surface area (Å²) in [4.78, 5) is 11.5. The third kappa shape index (κ3) is 4.46. The summed E-state index contributed by atoms with van der Waals surface area (Å²) < 4.78 is 13.4. The minimum atomic E-state index is -0.632. The Labute approximate surface area is 110 Å². The molecule has 5 N–H and O–H groups in total. The summed E-state index contributed by atoms with van der Waals surface area (Å²) >= 11 is 0. The maximum atomic E-state index is 13.4. The van der Waals surface area contributed by atoms with Gasteiger partial charge in [-0.25, -0.2) is 9.18 Å². The van der Waals surface area contributed by atoms with Gasteiger partial charge >= 0.3 is 6.03 Å². The van der Waals surface area contributed by atoms with Crippen LogP contribution in [0, 0.1) is 5.82 Å². The molecule has 0 radical (unpaired) electrons. The lowest BCUT2D eigenvalue weighted by atomic mass is 10.1. The average Bonchev–Trinajstić information content (AvgIpc) is 2.40. The van der Waals surface area contributed by atoms with Gasteiger partial charge in [0.15, 0.2) is 5.84 Å². The van der Waals surface area contributed by atoms with Crippen LogP contribution in [-0.2, 0) is 0 Å². The lowest BCUT2D eigenvalue weighted by Gasteiger charge is -2.09. The van der Waals surface area contributed by atoms with Gasteiger partial charge in [-0.3, -0.25) is 0 Å². The van der Waals surface area contributed by atoms with Gasteiger partial charge in [-0.05, 0) is 24.6 Å². The molecule has 6 nitrogen and oxygen atoms in total. The summed E-state index contributed by atoms with van der Waals surface area (Å²) in [6, 6.07) is 3.44. The zero-order valence-corrected chi connectivity index (χ0v) is 10.6. The number of hydrogen-bond acceptors (Lipinski definition) is 3. The van der Waals surface area contributed by atoms with Crippen LogP contribution in [0.25, 0.3) is 0 Å². The first-order chi connectivity index (χ1) is 9.08. The maximum Gasteiger partial charge on any atom is 0.319 e. The van der Waals surface area contributed by atoms with E-state index in [-0.39, 0.29) is 17.4 Å². The van der Waals surface area contributed by atoms with Gasteiger partial charge in [0.1, 0.15) is 5.82 Å². The molecule has 1 rings (SSSR count). The summed E-state index contributed by atoms with van der Waals surface area (Å²) in [5.41, 5.74) is 5.61. The molecular formula is C12H17FN4O2. The van der Waals surface area contributed by atoms with Gasteiger partial charge in [0.05, 0.1) is 5.56 Å². The van der Waals surface area contributed by atoms with Crippen LogP contribution in [-0.4, -0.2) is 23.6 Å². The van der Waals surface area contributed by atoms with E-state index in [1.54, 1.807) is 0 Å². The van der Waals surface area contributed by atoms with Crippen molar-refractivity contribution in [3.63, 3.8) is 0 Å². The number of halogens is 1. The Bertz CT molecular complexity index is 477. The second kappa shape index (κ2) is 7.20. The fourth-order valence-corrected chi connectivity index (χ4v) is 1.41. The van der Waals surface area contributed by atoms with Crippen LogP contribution in [0.15, 0.2) is 23.4 Å². The van der Waals surface area contributed by atoms with Crippen LogP contribution >= 0.6 is 0 Å². The monoisotopic (exact) mass is 268 g/mol. The Morgan fingerprint density at radius 2 is 2.26 bits per heavy atom. The highest BCUT2D eigenvalue weighted by Gasteiger charge is 2.09. The van der Waals surface area contributed by atoms with Gasteiger partial charge in [-0.2, -0.15) is 0 Å². The molecule has 0 aliphatic carbocycles. The Morgan fingerprint density at radius 3 is 2.89 bits per heavy atom. The highest BCUT2D eigenvalue weighted by Crippen LogP contribution is 2.14. The zero-order chi connectivity index (χ0) is 14.3. The number of carbonyl (C=O) groups excluding carboxylic acids is 1. The standard InChI is InChI=1S/C12H17FN4O2/c1-2-3-6-15-12(18)16-8-4-5-10(13)9(7-8)11(14)17-19/h4-5,7,19H,2-3,6H2,1H3,(H2,14,17)(H2,15,16,18). The Balaban J connectivity index is 2.72. The lowest BCUT2D eigenvalue weighted by molar-refractivity contribution is 0.252. The number of benzene rings is 1. The number of oxime groups is 1. The van der Waals surface area contributed by atoms with Crippen LogP contribution in [0.4, 0.5) is 14.9 Å². The molecule has 0 fully saturated rings. The SMILES string of the molecule is CCCCNC(=O)Nc1ccc(F)c(C(N)=NO)c1. The van der Waals surface area contributed by atoms with Crippen molar-refractivity contribution < 1.29 is 14.4 Å². The van der Waals surface area contributed by atoms with E-state index in [0.717, 1.165) is 18.9 Å². The molecule has 7 heteroatoms. The van der Waals surface area contributed by atoms with E-state index in [9.17, 15) is 9.18 Å². The number of nitrogens with zero attached hydrogens (tertiary/aromatic N) is 1. The Morgan fingerprint density at radius 1 is 1.53 bits per heavy atom. The molecule has 0 unspecified atom stereocenters. The molecule has 0 spiro atoms. The quantitative estimate of drug-likeness (QED) is 0.215. The van der Waals surface area contributed by atoms with E-state index in [4.69, 9.17) is 10.9 Å². The molecular weight excluding hydrogens is 251 g/mol. The molecule has 104 valence electrons. The normalized spacial score (nSPS) is 11.2. The molecule has 0 saturated heterocycles. The number of amides is 2. The fourth-order valence-electron chi connectivity index (χ4n) is 1.41. The van der Waals surface area contributed by atoms with Crippen molar-refractivity contribution in [2.24, 2.45) is 10.9 Å². The van der Waals surface area contributed by atoms with Crippen LogP contribution in [0.5, 0.6) is 0 Å². The third-order valence-electron chi connectivity index (χ3n) is 2.42. The molecule has 0 bridgehead atoms. The summed E-state index contributed by atoms with van der Waals surface area (Å²) in [6.07, 6.45) is 1.86. The van der Waals surface area contributed by atoms with Crippen molar-refractivity contribution in [1.29, 1.82) is 0 Å². The molecule has 1 aromatic carbocycles. The first-order valence-corrected chi connectivity index (χ1v) is 5.90. The van der Waals surface area contributed by atoms with E-state index < -0.39 is 5.82 Å². The van der Waals surface area contributed by atoms with E-state index in [2.05, 4.69) is 15.8 Å². The number of rotatable bonds is 5. The number of hydrogen-bond donors (Lipinski definition) is 4. The minimum absolute atomic E-state index is 0.0751. The highest BCUT2D eigenvalue weighted by molar-refractivity contribution is 5.99. The lowest BCUT2D eigenvalue weighted by Crippen LogP contribution is -2.29. The predicted molar refractivity (Wildman–Crippen MR) is 70.8 cm³/mol. The summed E-state index contributed by atoms with van der Waals surface area (Å²) in [5.74, 6) is -0.986. The van der Waals surface area contributed by atoms with E-state index in [1.807, 2.05) is 6.92 Å². The number of anilines is 1. The van der Waals surface area contributed by atoms with Crippen molar-refractivity contribution in [3.05, 3.63) is 29.6 Å². The van der Waals surface area contributed by atoms with Crippen molar-refractivity contribution in [2.45, 2.75) is 19.8 Å². The first-order valence-electron chi connectivity index (χ1n) is 5.90. The molecule has 0 saturated carbocycles. The van der Waals surface area contributed by atoms with Crippen molar-refractivity contribution in [1.82, 2.24) is 5.32 Å². The first kappa shape index (κ1) is 14.7. The van der Waals surface area contributed by atoms with Gasteiger partial charge in [0.25, 0.3) is 0 Å². The molecule has 0 aliphatic rings. The number of unbranched alkanes of at least 4 members (excludes halogenated alkanes) is 1. The summed E-state index contributed by atoms with van der Waals surface area (Å²) in [6.45, 7) is 2.58. The second-order valence-electron chi connectivity index (χ2n) is 3.91. The van der Waals surface area contributed by atoms with Crippen LogP contribution in [0.1, 0.15) is 25.3 Å². The van der Waals surface area contributed by atoms with E-state index in [0.29, 0.717) is 12.2 Å². The van der Waals surface area contributed by atoms with Crippen molar-refractivity contribution >= 4 is 17.6 Å². The smallest absolute Gasteiger partial charge is 0.319 e. The van der Waals surface area contributed by atoms with Crippen molar-refractivity contribution in [2.75, 3.05) is 11.9 Å². The number of carbonyl (C=O) groups is 1. The average molecular weight is 268 g/mol. The van der Waals surface area contributed by atoms with E-state index >= 15 is 0 Å². The molecule has 0 heterocycles. The van der Waals surface area contributed by atoms with Gasteiger partial charge in [0.2, 0.25) is 0 Å². The molecule has 1 aromatic rings. The zero-order valence-electron chi connectivity index (χ0n) is 10.6. The Kier molecular flexibility index (Phi) is 5.59. The minimum Gasteiger partial charge on any atom is -0.409 e. The third-order valence-corrected chi connectivity index (χ3v) is 2.42. The molecule has 19 heavy (non-hydrogen) atoms. The second-order valence-corrected chi connectivity index (χ2v) is 3.91. The topological polar surface area (TPSA) is 99.7 Å². The summed E-state index contributed by atoms with van der Waals surface area (Å²) in [5, 5.41) is 16.4. The largest absolute Gasteiger partial charge is 0.409 e. The van der Waals surface area contributed by atoms with Gasteiger partial charge in [-0.1, -0.05) is 18.5 Å². The van der Waals surface area contributed by atoms with Crippen LogP contribution in [0.2, 0.25) is 0 Å². The highest BCUT2D eigenvalue weighted by atomic mass is 19.1.